The fourth-order valence-electron chi connectivity index (χ4n) is 2.89. The maximum absolute atomic E-state index is 13.6. The molecule has 0 N–H and O–H groups in total. The van der Waals surface area contributed by atoms with E-state index in [2.05, 4.69) is 9.97 Å². The van der Waals surface area contributed by atoms with Crippen LogP contribution in [-0.4, -0.2) is 33.9 Å². The summed E-state index contributed by atoms with van der Waals surface area (Å²) < 4.78 is 19.2. The molecule has 5 nitrogen and oxygen atoms in total. The predicted octanol–water partition coefficient (Wildman–Crippen LogP) is 4.27. The zero-order valence-corrected chi connectivity index (χ0v) is 16.6. The summed E-state index contributed by atoms with van der Waals surface area (Å²) in [4.78, 5) is 23.1. The van der Waals surface area contributed by atoms with Crippen molar-refractivity contribution in [3.63, 3.8) is 0 Å². The van der Waals surface area contributed by atoms with Crippen LogP contribution < -0.4 is 4.74 Å². The molecule has 0 saturated carbocycles. The molecule has 3 rings (SSSR count). The Labute approximate surface area is 170 Å². The van der Waals surface area contributed by atoms with Crippen LogP contribution in [0.3, 0.4) is 0 Å². The highest BCUT2D eigenvalue weighted by Crippen LogP contribution is 2.20. The molecule has 1 heterocycles. The highest BCUT2D eigenvalue weighted by Gasteiger charge is 2.15. The van der Waals surface area contributed by atoms with E-state index < -0.39 is 0 Å². The van der Waals surface area contributed by atoms with Crippen molar-refractivity contribution in [3.8, 4) is 17.3 Å². The van der Waals surface area contributed by atoms with E-state index in [0.29, 0.717) is 36.8 Å². The van der Waals surface area contributed by atoms with Gasteiger partial charge in [0.1, 0.15) is 5.82 Å². The number of hydrogen-bond acceptors (Lipinski definition) is 4. The van der Waals surface area contributed by atoms with Crippen LogP contribution in [0.2, 0.25) is 0 Å². The van der Waals surface area contributed by atoms with Gasteiger partial charge in [-0.05, 0) is 31.0 Å². The minimum absolute atomic E-state index is 0.122. The minimum atomic E-state index is -0.356. The topological polar surface area (TPSA) is 55.3 Å². The van der Waals surface area contributed by atoms with Crippen LogP contribution in [0.5, 0.6) is 5.88 Å². The Balaban J connectivity index is 1.72. The molecule has 2 aromatic carbocycles. The lowest BCUT2D eigenvalue weighted by molar-refractivity contribution is -0.133. The first-order chi connectivity index (χ1) is 14.1. The molecule has 0 atom stereocenters. The van der Waals surface area contributed by atoms with Crippen LogP contribution in [0.1, 0.15) is 25.1 Å². The normalized spacial score (nSPS) is 10.6. The lowest BCUT2D eigenvalue weighted by Gasteiger charge is -2.21. The van der Waals surface area contributed by atoms with Gasteiger partial charge in [0.25, 0.3) is 5.91 Å². The number of amides is 1. The highest BCUT2D eigenvalue weighted by atomic mass is 19.1. The summed E-state index contributed by atoms with van der Waals surface area (Å²) in [5, 5.41) is 0. The summed E-state index contributed by atoms with van der Waals surface area (Å²) in [5.41, 5.74) is 2.39. The first kappa shape index (κ1) is 20.5. The number of aryl methyl sites for hydroxylation is 1. The van der Waals surface area contributed by atoms with Crippen molar-refractivity contribution in [1.29, 1.82) is 0 Å². The van der Waals surface area contributed by atoms with Gasteiger partial charge in [-0.1, -0.05) is 49.4 Å². The van der Waals surface area contributed by atoms with E-state index in [9.17, 15) is 9.18 Å². The molecule has 6 heteroatoms. The van der Waals surface area contributed by atoms with Crippen LogP contribution in [-0.2, 0) is 17.8 Å². The van der Waals surface area contributed by atoms with E-state index in [1.54, 1.807) is 23.1 Å². The molecule has 1 amide bonds. The van der Waals surface area contributed by atoms with Gasteiger partial charge in [-0.25, -0.2) is 9.37 Å². The Morgan fingerprint density at radius 3 is 2.52 bits per heavy atom. The van der Waals surface area contributed by atoms with Gasteiger partial charge in [0, 0.05) is 30.4 Å². The van der Waals surface area contributed by atoms with Crippen LogP contribution in [0.25, 0.3) is 11.4 Å². The van der Waals surface area contributed by atoms with E-state index in [1.165, 1.54) is 12.1 Å². The molecule has 0 spiro atoms. The summed E-state index contributed by atoms with van der Waals surface area (Å²) in [6, 6.07) is 17.6. The molecule has 0 bridgehead atoms. The van der Waals surface area contributed by atoms with E-state index in [4.69, 9.17) is 4.74 Å². The van der Waals surface area contributed by atoms with Crippen molar-refractivity contribution in [1.82, 2.24) is 14.9 Å². The van der Waals surface area contributed by atoms with Crippen molar-refractivity contribution in [3.05, 3.63) is 77.7 Å². The number of halogens is 1. The Morgan fingerprint density at radius 1 is 1.03 bits per heavy atom. The molecular weight excluding hydrogens is 369 g/mol. The first-order valence-electron chi connectivity index (χ1n) is 9.67. The van der Waals surface area contributed by atoms with Crippen LogP contribution in [0.15, 0.2) is 60.7 Å². The molecule has 0 fully saturated rings. The molecule has 29 heavy (non-hydrogen) atoms. The average Bonchev–Trinajstić information content (AvgIpc) is 2.76. The Bertz CT molecular complexity index is 963. The zero-order valence-electron chi connectivity index (χ0n) is 16.6. The molecule has 0 saturated heterocycles. The second-order valence-electron chi connectivity index (χ2n) is 6.57. The van der Waals surface area contributed by atoms with Gasteiger partial charge in [-0.3, -0.25) is 4.79 Å². The van der Waals surface area contributed by atoms with E-state index in [-0.39, 0.29) is 18.3 Å². The molecule has 3 aromatic rings. The Kier molecular flexibility index (Phi) is 6.89. The van der Waals surface area contributed by atoms with Gasteiger partial charge in [0.05, 0.1) is 0 Å². The summed E-state index contributed by atoms with van der Waals surface area (Å²) in [6.45, 7) is 4.88. The van der Waals surface area contributed by atoms with Crippen LogP contribution in [0, 0.1) is 5.82 Å². The quantitative estimate of drug-likeness (QED) is 0.573. The lowest BCUT2D eigenvalue weighted by atomic mass is 10.2. The molecule has 1 aromatic heterocycles. The van der Waals surface area contributed by atoms with Gasteiger partial charge in [-0.15, -0.1) is 0 Å². The van der Waals surface area contributed by atoms with Crippen molar-refractivity contribution in [2.24, 2.45) is 0 Å². The smallest absolute Gasteiger partial charge is 0.260 e. The number of carbonyl (C=O) groups is 1. The fourth-order valence-corrected chi connectivity index (χ4v) is 2.89. The number of aromatic nitrogens is 2. The second kappa shape index (κ2) is 9.78. The van der Waals surface area contributed by atoms with Gasteiger partial charge < -0.3 is 9.64 Å². The number of carbonyl (C=O) groups excluding carboxylic acids is 1. The molecule has 0 aliphatic heterocycles. The predicted molar refractivity (Wildman–Crippen MR) is 110 cm³/mol. The average molecular weight is 393 g/mol. The molecular formula is C23H24FN3O2. The third kappa shape index (κ3) is 5.60. The standard InChI is InChI=1S/C23H24FN3O2/c1-3-20-14-21(26-23(25-20)18-11-8-12-19(24)13-18)29-16-22(28)27(4-2)15-17-9-6-5-7-10-17/h5-14H,3-4,15-16H2,1-2H3. The first-order valence-corrected chi connectivity index (χ1v) is 9.67. The number of rotatable bonds is 8. The van der Waals surface area contributed by atoms with E-state index in [0.717, 1.165) is 11.3 Å². The molecule has 0 radical (unpaired) electrons. The third-order valence-corrected chi connectivity index (χ3v) is 4.49. The van der Waals surface area contributed by atoms with Gasteiger partial charge in [0.15, 0.2) is 12.4 Å². The van der Waals surface area contributed by atoms with Crippen molar-refractivity contribution in [2.75, 3.05) is 13.2 Å². The summed E-state index contributed by atoms with van der Waals surface area (Å²) in [5.74, 6) is 0.202. The maximum atomic E-state index is 13.6. The van der Waals surface area contributed by atoms with E-state index >= 15 is 0 Å². The van der Waals surface area contributed by atoms with Crippen molar-refractivity contribution < 1.29 is 13.9 Å². The number of ether oxygens (including phenoxy) is 1. The maximum Gasteiger partial charge on any atom is 0.260 e. The number of nitrogens with zero attached hydrogens (tertiary/aromatic N) is 3. The second-order valence-corrected chi connectivity index (χ2v) is 6.57. The Hall–Kier alpha value is -3.28. The third-order valence-electron chi connectivity index (χ3n) is 4.49. The van der Waals surface area contributed by atoms with Gasteiger partial charge >= 0.3 is 0 Å². The van der Waals surface area contributed by atoms with Crippen molar-refractivity contribution >= 4 is 5.91 Å². The molecule has 0 aliphatic rings. The van der Waals surface area contributed by atoms with Crippen molar-refractivity contribution in [2.45, 2.75) is 26.8 Å². The Morgan fingerprint density at radius 2 is 1.83 bits per heavy atom. The number of hydrogen-bond donors (Lipinski definition) is 0. The fraction of sp³-hybridized carbons (Fsp3) is 0.261. The monoisotopic (exact) mass is 393 g/mol. The van der Waals surface area contributed by atoms with E-state index in [1.807, 2.05) is 44.2 Å². The molecule has 0 unspecified atom stereocenters. The SMILES string of the molecule is CCc1cc(OCC(=O)N(CC)Cc2ccccc2)nc(-c2cccc(F)c2)n1. The molecule has 0 aliphatic carbocycles. The largest absolute Gasteiger partial charge is 0.467 e. The lowest BCUT2D eigenvalue weighted by Crippen LogP contribution is -2.34. The van der Waals surface area contributed by atoms with Crippen LogP contribution >= 0.6 is 0 Å². The minimum Gasteiger partial charge on any atom is -0.467 e. The van der Waals surface area contributed by atoms with Gasteiger partial charge in [-0.2, -0.15) is 4.98 Å². The summed E-state index contributed by atoms with van der Waals surface area (Å²) >= 11 is 0. The van der Waals surface area contributed by atoms with Crippen LogP contribution in [0.4, 0.5) is 4.39 Å². The van der Waals surface area contributed by atoms with Gasteiger partial charge in [0.2, 0.25) is 5.88 Å². The highest BCUT2D eigenvalue weighted by molar-refractivity contribution is 5.77. The number of benzene rings is 2. The molecule has 150 valence electrons. The zero-order chi connectivity index (χ0) is 20.6. The summed E-state index contributed by atoms with van der Waals surface area (Å²) in [7, 11) is 0. The number of likely N-dealkylation sites (N-methyl/N-ethyl adjacent to an activating group) is 1. The summed E-state index contributed by atoms with van der Waals surface area (Å²) in [6.07, 6.45) is 0.671.